The smallest absolute Gasteiger partial charge is 0.412 e. The molecule has 2 rings (SSSR count). The lowest BCUT2D eigenvalue weighted by Gasteiger charge is -2.16. The number of rotatable bonds is 1. The minimum Gasteiger partial charge on any atom is -0.412 e. The van der Waals surface area contributed by atoms with Crippen LogP contribution in [0.1, 0.15) is 25.7 Å². The average Bonchev–Trinajstić information content (AvgIpc) is 3.00. The van der Waals surface area contributed by atoms with Gasteiger partial charge < -0.3 is 9.84 Å². The second-order valence-corrected chi connectivity index (χ2v) is 6.15. The summed E-state index contributed by atoms with van der Waals surface area (Å²) in [7, 11) is 0. The minimum atomic E-state index is -0.376. The number of ether oxygens (including phenoxy) is 1. The van der Waals surface area contributed by atoms with Gasteiger partial charge in [0.05, 0.1) is 6.10 Å². The van der Waals surface area contributed by atoms with Gasteiger partial charge in [-0.05, 0) is 25.3 Å². The van der Waals surface area contributed by atoms with Crippen LogP contribution in [0, 0.1) is 0 Å². The van der Waals surface area contributed by atoms with Crippen LogP contribution < -0.4 is 3.11 Å². The SMILES string of the molecule is O=C(OC1C=CC(O)CCCC1)[NH+]1C=I1. The molecule has 0 bridgehead atoms. The lowest BCUT2D eigenvalue weighted by atomic mass is 10.0. The summed E-state index contributed by atoms with van der Waals surface area (Å²) in [5.41, 5.74) is 0. The molecule has 1 aliphatic heterocycles. The molecule has 84 valence electrons. The molecule has 15 heavy (non-hydrogen) atoms. The zero-order valence-electron chi connectivity index (χ0n) is 8.36. The number of nitrogens with one attached hydrogen (secondary N) is 1. The van der Waals surface area contributed by atoms with E-state index in [0.717, 1.165) is 28.8 Å². The van der Waals surface area contributed by atoms with Gasteiger partial charge in [-0.2, -0.15) is 4.79 Å². The van der Waals surface area contributed by atoms with Gasteiger partial charge in [0.15, 0.2) is 4.14 Å². The number of halogens is 1. The molecule has 0 fully saturated rings. The fourth-order valence-electron chi connectivity index (χ4n) is 1.55. The number of carbonyl (C=O) groups excluding carboxylic acids is 1. The zero-order chi connectivity index (χ0) is 10.7. The van der Waals surface area contributed by atoms with Crippen LogP contribution >= 0.6 is 21.0 Å². The molecule has 4 nitrogen and oxygen atoms in total. The first-order valence-electron chi connectivity index (χ1n) is 5.16. The van der Waals surface area contributed by atoms with E-state index in [4.69, 9.17) is 4.74 Å². The molecule has 1 heterocycles. The van der Waals surface area contributed by atoms with Crippen molar-refractivity contribution in [2.24, 2.45) is 0 Å². The highest BCUT2D eigenvalue weighted by molar-refractivity contribution is 14.2. The summed E-state index contributed by atoms with van der Waals surface area (Å²) in [5.74, 6) is 0. The molecule has 0 spiro atoms. The number of quaternary nitrogens is 1. The Morgan fingerprint density at radius 2 is 2.13 bits per heavy atom. The molecule has 2 aliphatic rings. The maximum Gasteiger partial charge on any atom is 0.527 e. The van der Waals surface area contributed by atoms with Crippen LogP contribution in [0.3, 0.4) is 0 Å². The van der Waals surface area contributed by atoms with E-state index in [2.05, 4.69) is 0 Å². The Balaban J connectivity index is 1.85. The molecule has 0 aromatic rings. The first kappa shape index (κ1) is 11.2. The molecule has 0 aromatic heterocycles. The largest absolute Gasteiger partial charge is 0.527 e. The molecule has 0 saturated carbocycles. The Kier molecular flexibility index (Phi) is 3.87. The standard InChI is InChI=1S/C10H14INO3/c13-8-3-1-2-4-9(6-5-8)15-10(14)12-7-11-12/h5-9,13H,1-4H2/p+1. The van der Waals surface area contributed by atoms with E-state index in [1.54, 1.807) is 6.08 Å². The molecule has 0 saturated heterocycles. The van der Waals surface area contributed by atoms with Crippen molar-refractivity contribution in [1.82, 2.24) is 0 Å². The Labute approximate surface area is 99.0 Å². The lowest BCUT2D eigenvalue weighted by molar-refractivity contribution is -0.480. The Hall–Kier alpha value is -0.270. The van der Waals surface area contributed by atoms with E-state index in [-0.39, 0.29) is 39.3 Å². The first-order chi connectivity index (χ1) is 7.25. The second-order valence-electron chi connectivity index (χ2n) is 3.75. The van der Waals surface area contributed by atoms with Crippen molar-refractivity contribution in [3.05, 3.63) is 12.2 Å². The number of aliphatic hydroxyl groups excluding tert-OH is 1. The maximum atomic E-state index is 11.4. The van der Waals surface area contributed by atoms with Gasteiger partial charge in [0.2, 0.25) is 21.0 Å². The van der Waals surface area contributed by atoms with Crippen LogP contribution in [-0.4, -0.2) is 27.5 Å². The average molecular weight is 324 g/mol. The number of hydrogen-bond donors (Lipinski definition) is 2. The van der Waals surface area contributed by atoms with Gasteiger partial charge in [-0.1, -0.05) is 12.5 Å². The summed E-state index contributed by atoms with van der Waals surface area (Å²) in [6.07, 6.45) is 6.59. The van der Waals surface area contributed by atoms with Crippen molar-refractivity contribution in [1.29, 1.82) is 0 Å². The molecule has 3 unspecified atom stereocenters. The van der Waals surface area contributed by atoms with Crippen molar-refractivity contribution in [3.8, 4) is 0 Å². The van der Waals surface area contributed by atoms with Gasteiger partial charge in [-0.15, -0.1) is 3.11 Å². The van der Waals surface area contributed by atoms with Crippen LogP contribution in [-0.2, 0) is 4.74 Å². The second kappa shape index (κ2) is 5.18. The molecule has 0 aromatic carbocycles. The fourth-order valence-corrected chi connectivity index (χ4v) is 2.34. The molecular formula is C10H15INO3+. The summed E-state index contributed by atoms with van der Waals surface area (Å²) in [6.45, 7) is 0. The molecular weight excluding hydrogens is 309 g/mol. The van der Waals surface area contributed by atoms with Crippen molar-refractivity contribution >= 4 is 31.2 Å². The Morgan fingerprint density at radius 1 is 1.40 bits per heavy atom. The quantitative estimate of drug-likeness (QED) is 0.420. The third-order valence-electron chi connectivity index (χ3n) is 2.46. The first-order valence-corrected chi connectivity index (χ1v) is 7.49. The van der Waals surface area contributed by atoms with Crippen LogP contribution in [0.25, 0.3) is 0 Å². The highest BCUT2D eigenvalue weighted by Gasteiger charge is 2.30. The number of hydrogen-bond acceptors (Lipinski definition) is 3. The topological polar surface area (TPSA) is 51.0 Å². The number of amides is 1. The van der Waals surface area contributed by atoms with E-state index < -0.39 is 0 Å². The summed E-state index contributed by atoms with van der Waals surface area (Å²) in [4.78, 5) is 11.4. The van der Waals surface area contributed by atoms with E-state index in [1.807, 2.05) is 10.2 Å². The molecule has 1 aliphatic carbocycles. The van der Waals surface area contributed by atoms with Gasteiger partial charge >= 0.3 is 6.09 Å². The minimum absolute atomic E-state index is 0.0728. The van der Waals surface area contributed by atoms with Gasteiger partial charge in [0.1, 0.15) is 6.10 Å². The highest BCUT2D eigenvalue weighted by atomic mass is 127. The van der Waals surface area contributed by atoms with Gasteiger partial charge in [0, 0.05) is 0 Å². The summed E-state index contributed by atoms with van der Waals surface area (Å²) < 4.78 is 8.19. The normalized spacial score (nSPS) is 34.9. The van der Waals surface area contributed by atoms with Crippen molar-refractivity contribution in [2.45, 2.75) is 37.9 Å². The Bertz CT molecular complexity index is 297. The highest BCUT2D eigenvalue weighted by Crippen LogP contribution is 2.14. The van der Waals surface area contributed by atoms with Gasteiger partial charge in [-0.3, -0.25) is 0 Å². The summed E-state index contributed by atoms with van der Waals surface area (Å²) >= 11 is -0.0728. The number of aliphatic hydroxyl groups is 1. The zero-order valence-corrected chi connectivity index (χ0v) is 10.5. The summed E-state index contributed by atoms with van der Waals surface area (Å²) in [6, 6.07) is 0. The number of carbonyl (C=O) groups is 1. The Morgan fingerprint density at radius 3 is 2.87 bits per heavy atom. The van der Waals surface area contributed by atoms with Crippen LogP contribution in [0.2, 0.25) is 0 Å². The van der Waals surface area contributed by atoms with Crippen molar-refractivity contribution in [2.75, 3.05) is 0 Å². The predicted molar refractivity (Wildman–Crippen MR) is 64.9 cm³/mol. The van der Waals surface area contributed by atoms with E-state index in [1.165, 1.54) is 0 Å². The molecule has 2 N–H and O–H groups in total. The monoisotopic (exact) mass is 324 g/mol. The third kappa shape index (κ3) is 3.66. The maximum absolute atomic E-state index is 11.4. The van der Waals surface area contributed by atoms with E-state index in [0.29, 0.717) is 0 Å². The summed E-state index contributed by atoms with van der Waals surface area (Å²) in [5, 5.41) is 9.45. The van der Waals surface area contributed by atoms with Crippen LogP contribution in [0.4, 0.5) is 4.79 Å². The number of alkyl carbamates (subject to hydrolysis) is 1. The molecule has 1 amide bonds. The van der Waals surface area contributed by atoms with Gasteiger partial charge in [0.25, 0.3) is 0 Å². The molecule has 0 radical (unpaired) electrons. The molecule has 3 atom stereocenters. The van der Waals surface area contributed by atoms with Crippen LogP contribution in [0.5, 0.6) is 0 Å². The van der Waals surface area contributed by atoms with Crippen LogP contribution in [0.15, 0.2) is 12.2 Å². The van der Waals surface area contributed by atoms with E-state index >= 15 is 0 Å². The third-order valence-corrected chi connectivity index (χ3v) is 4.14. The molecule has 5 heteroatoms. The van der Waals surface area contributed by atoms with Crippen molar-refractivity contribution < 1.29 is 17.8 Å². The van der Waals surface area contributed by atoms with Gasteiger partial charge in [-0.25, -0.2) is 0 Å². The van der Waals surface area contributed by atoms with E-state index in [9.17, 15) is 9.90 Å². The predicted octanol–water partition coefficient (Wildman–Crippen LogP) is 0.527. The fraction of sp³-hybridized carbons (Fsp3) is 0.600. The van der Waals surface area contributed by atoms with Crippen molar-refractivity contribution in [3.63, 3.8) is 0 Å². The lowest BCUT2D eigenvalue weighted by Crippen LogP contribution is -2.95.